The first-order valence-corrected chi connectivity index (χ1v) is 11.6. The minimum atomic E-state index is -0.0295. The lowest BCUT2D eigenvalue weighted by Gasteiger charge is -2.09. The van der Waals surface area contributed by atoms with Gasteiger partial charge in [-0.3, -0.25) is 4.79 Å². The van der Waals surface area contributed by atoms with E-state index in [-0.39, 0.29) is 5.78 Å². The molecule has 5 nitrogen and oxygen atoms in total. The van der Waals surface area contributed by atoms with Crippen molar-refractivity contribution < 1.29 is 23.7 Å². The highest BCUT2D eigenvalue weighted by molar-refractivity contribution is 7.22. The molecule has 0 N–H and O–H groups in total. The van der Waals surface area contributed by atoms with Gasteiger partial charge in [0.15, 0.2) is 5.78 Å². The summed E-state index contributed by atoms with van der Waals surface area (Å²) >= 11 is 1.58. The summed E-state index contributed by atoms with van der Waals surface area (Å²) in [5.74, 6) is 2.21. The Morgan fingerprint density at radius 3 is 2.15 bits per heavy atom. The minimum Gasteiger partial charge on any atom is -0.497 e. The van der Waals surface area contributed by atoms with Gasteiger partial charge in [-0.15, -0.1) is 11.3 Å². The Bertz CT molecular complexity index is 1230. The quantitative estimate of drug-likeness (QED) is 0.206. The normalized spacial score (nSPS) is 10.9. The van der Waals surface area contributed by atoms with Crippen LogP contribution in [-0.4, -0.2) is 39.8 Å². The molecule has 6 heteroatoms. The van der Waals surface area contributed by atoms with Gasteiger partial charge in [-0.1, -0.05) is 0 Å². The molecule has 0 aliphatic heterocycles. The Hall–Kier alpha value is -3.35. The van der Waals surface area contributed by atoms with Gasteiger partial charge in [0.2, 0.25) is 0 Å². The largest absolute Gasteiger partial charge is 0.497 e. The predicted octanol–water partition coefficient (Wildman–Crippen LogP) is 6.23. The summed E-state index contributed by atoms with van der Waals surface area (Å²) < 4.78 is 22.7. The lowest BCUT2D eigenvalue weighted by molar-refractivity contribution is 0.104. The van der Waals surface area contributed by atoms with Crippen LogP contribution in [-0.2, 0) is 4.74 Å². The maximum Gasteiger partial charge on any atom is 0.195 e. The van der Waals surface area contributed by atoms with E-state index < -0.39 is 0 Å². The molecule has 33 heavy (non-hydrogen) atoms. The molecule has 0 saturated heterocycles. The number of hydrogen-bond acceptors (Lipinski definition) is 6. The zero-order valence-corrected chi connectivity index (χ0v) is 19.7. The fourth-order valence-corrected chi connectivity index (χ4v) is 4.82. The van der Waals surface area contributed by atoms with Crippen LogP contribution in [0.5, 0.6) is 17.2 Å². The van der Waals surface area contributed by atoms with Gasteiger partial charge in [-0.2, -0.15) is 0 Å². The average Bonchev–Trinajstić information content (AvgIpc) is 3.25. The van der Waals surface area contributed by atoms with Crippen molar-refractivity contribution in [3.63, 3.8) is 0 Å². The molecule has 0 atom stereocenters. The number of thiophene rings is 1. The molecule has 3 aromatic carbocycles. The van der Waals surface area contributed by atoms with Crippen LogP contribution in [0.2, 0.25) is 0 Å². The number of fused-ring (bicyclic) bond motifs is 1. The average molecular weight is 463 g/mol. The van der Waals surface area contributed by atoms with Crippen LogP contribution in [0.4, 0.5) is 0 Å². The van der Waals surface area contributed by atoms with Crippen molar-refractivity contribution in [3.8, 4) is 27.7 Å². The standard InChI is InChI=1S/C27H26O5S/c1-4-31-15-16-32-21-11-5-18(6-12-21)26(28)25-23-14-13-22(30-3)17-24(23)33-27(25)19-7-9-20(29-2)10-8-19/h5-14,17H,4,15-16H2,1-3H3. The van der Waals surface area contributed by atoms with E-state index in [1.807, 2.05) is 73.7 Å². The first kappa shape index (κ1) is 22.8. The maximum atomic E-state index is 13.7. The highest BCUT2D eigenvalue weighted by Gasteiger charge is 2.22. The fraction of sp³-hybridized carbons (Fsp3) is 0.222. The summed E-state index contributed by atoms with van der Waals surface area (Å²) in [4.78, 5) is 14.6. The van der Waals surface area contributed by atoms with Crippen LogP contribution in [0.1, 0.15) is 22.8 Å². The molecule has 170 valence electrons. The predicted molar refractivity (Wildman–Crippen MR) is 132 cm³/mol. The second-order valence-electron chi connectivity index (χ2n) is 7.30. The Morgan fingerprint density at radius 1 is 0.818 bits per heavy atom. The van der Waals surface area contributed by atoms with Crippen molar-refractivity contribution in [2.24, 2.45) is 0 Å². The number of rotatable bonds is 10. The molecule has 0 unspecified atom stereocenters. The first-order valence-electron chi connectivity index (χ1n) is 10.7. The number of methoxy groups -OCH3 is 2. The summed E-state index contributed by atoms with van der Waals surface area (Å²) in [7, 11) is 3.28. The van der Waals surface area contributed by atoms with Gasteiger partial charge in [0.25, 0.3) is 0 Å². The molecule has 0 fully saturated rings. The summed E-state index contributed by atoms with van der Waals surface area (Å²) in [6.45, 7) is 3.62. The van der Waals surface area contributed by atoms with Gasteiger partial charge >= 0.3 is 0 Å². The maximum absolute atomic E-state index is 13.7. The molecular weight excluding hydrogens is 436 g/mol. The van der Waals surface area contributed by atoms with Gasteiger partial charge in [-0.05, 0) is 79.2 Å². The third-order valence-corrected chi connectivity index (χ3v) is 6.50. The van der Waals surface area contributed by atoms with Gasteiger partial charge in [0.1, 0.15) is 23.9 Å². The Morgan fingerprint density at radius 2 is 1.48 bits per heavy atom. The molecule has 0 aliphatic carbocycles. The van der Waals surface area contributed by atoms with Gasteiger partial charge in [0.05, 0.1) is 20.8 Å². The second kappa shape index (κ2) is 10.5. The summed E-state index contributed by atoms with van der Waals surface area (Å²) in [5.41, 5.74) is 2.26. The third kappa shape index (κ3) is 5.02. The number of benzene rings is 3. The monoisotopic (exact) mass is 462 g/mol. The van der Waals surface area contributed by atoms with E-state index in [0.717, 1.165) is 32.0 Å². The molecule has 1 aromatic heterocycles. The van der Waals surface area contributed by atoms with Crippen LogP contribution in [0.3, 0.4) is 0 Å². The zero-order valence-electron chi connectivity index (χ0n) is 18.9. The third-order valence-electron chi connectivity index (χ3n) is 5.29. The van der Waals surface area contributed by atoms with E-state index in [4.69, 9.17) is 18.9 Å². The van der Waals surface area contributed by atoms with E-state index in [9.17, 15) is 4.79 Å². The van der Waals surface area contributed by atoms with E-state index >= 15 is 0 Å². The highest BCUT2D eigenvalue weighted by Crippen LogP contribution is 2.41. The number of ether oxygens (including phenoxy) is 4. The molecule has 0 aliphatic rings. The summed E-state index contributed by atoms with van der Waals surface area (Å²) in [6, 6.07) is 20.8. The smallest absolute Gasteiger partial charge is 0.195 e. The van der Waals surface area contributed by atoms with E-state index in [1.165, 1.54) is 0 Å². The van der Waals surface area contributed by atoms with Crippen LogP contribution < -0.4 is 14.2 Å². The van der Waals surface area contributed by atoms with E-state index in [1.54, 1.807) is 25.6 Å². The first-order chi connectivity index (χ1) is 16.1. The fourth-order valence-electron chi connectivity index (χ4n) is 3.58. The van der Waals surface area contributed by atoms with Crippen molar-refractivity contribution in [2.75, 3.05) is 34.0 Å². The molecule has 0 radical (unpaired) electrons. The summed E-state index contributed by atoms with van der Waals surface area (Å²) in [5, 5.41) is 0.911. The van der Waals surface area contributed by atoms with Crippen molar-refractivity contribution in [2.45, 2.75) is 6.92 Å². The molecule has 1 heterocycles. The molecule has 0 amide bonds. The van der Waals surface area contributed by atoms with Gasteiger partial charge in [0, 0.05) is 32.7 Å². The number of carbonyl (C=O) groups excluding carboxylic acids is 1. The van der Waals surface area contributed by atoms with Crippen molar-refractivity contribution in [1.29, 1.82) is 0 Å². The van der Waals surface area contributed by atoms with Crippen LogP contribution in [0.25, 0.3) is 20.5 Å². The molecule has 0 spiro atoms. The van der Waals surface area contributed by atoms with Crippen LogP contribution in [0.15, 0.2) is 66.7 Å². The van der Waals surface area contributed by atoms with Crippen molar-refractivity contribution in [3.05, 3.63) is 77.9 Å². The lowest BCUT2D eigenvalue weighted by Crippen LogP contribution is -2.07. The molecule has 0 bridgehead atoms. The van der Waals surface area contributed by atoms with Crippen LogP contribution in [0, 0.1) is 0 Å². The minimum absolute atomic E-state index is 0.0295. The molecule has 4 rings (SSSR count). The Kier molecular flexibility index (Phi) is 7.27. The number of carbonyl (C=O) groups is 1. The lowest BCUT2D eigenvalue weighted by atomic mass is 9.97. The Balaban J connectivity index is 1.71. The number of ketones is 1. The van der Waals surface area contributed by atoms with Crippen molar-refractivity contribution in [1.82, 2.24) is 0 Å². The summed E-state index contributed by atoms with van der Waals surface area (Å²) in [6.07, 6.45) is 0. The highest BCUT2D eigenvalue weighted by atomic mass is 32.1. The molecular formula is C27H26O5S. The molecule has 0 saturated carbocycles. The zero-order chi connectivity index (χ0) is 23.2. The second-order valence-corrected chi connectivity index (χ2v) is 8.35. The topological polar surface area (TPSA) is 54.0 Å². The van der Waals surface area contributed by atoms with Gasteiger partial charge in [-0.25, -0.2) is 0 Å². The van der Waals surface area contributed by atoms with E-state index in [2.05, 4.69) is 0 Å². The number of hydrogen-bond donors (Lipinski definition) is 0. The SMILES string of the molecule is CCOCCOc1ccc(C(=O)c2c(-c3ccc(OC)cc3)sc3cc(OC)ccc23)cc1. The van der Waals surface area contributed by atoms with E-state index in [0.29, 0.717) is 36.7 Å². The molecule has 4 aromatic rings. The van der Waals surface area contributed by atoms with Crippen LogP contribution >= 0.6 is 11.3 Å². The Labute approximate surface area is 197 Å². The van der Waals surface area contributed by atoms with Crippen molar-refractivity contribution >= 4 is 27.2 Å². The van der Waals surface area contributed by atoms with Gasteiger partial charge < -0.3 is 18.9 Å².